The van der Waals surface area contributed by atoms with Crippen molar-refractivity contribution in [3.8, 4) is 17.1 Å². The lowest BCUT2D eigenvalue weighted by Gasteiger charge is -2.26. The number of benzene rings is 3. The molecule has 8 nitrogen and oxygen atoms in total. The Labute approximate surface area is 265 Å². The van der Waals surface area contributed by atoms with Gasteiger partial charge in [-0.2, -0.15) is 5.21 Å². The molecule has 1 unspecified atom stereocenters. The van der Waals surface area contributed by atoms with Gasteiger partial charge in [-0.15, -0.1) is 22.0 Å². The number of H-pyrrole nitrogens is 1. The molecule has 7 rings (SSSR count). The molecule has 10 heteroatoms. The number of oxazole rings is 1. The molecular formula is C34H33ClN6O2S. The first-order valence-corrected chi connectivity index (χ1v) is 16.0. The van der Waals surface area contributed by atoms with E-state index in [0.717, 1.165) is 47.3 Å². The van der Waals surface area contributed by atoms with E-state index in [9.17, 15) is 0 Å². The van der Waals surface area contributed by atoms with Gasteiger partial charge in [-0.25, -0.2) is 4.98 Å². The van der Waals surface area contributed by atoms with Crippen molar-refractivity contribution in [2.75, 3.05) is 0 Å². The third-order valence-electron chi connectivity index (χ3n) is 8.05. The summed E-state index contributed by atoms with van der Waals surface area (Å²) >= 11 is 8.20. The van der Waals surface area contributed by atoms with Gasteiger partial charge in [0.15, 0.2) is 18.2 Å². The van der Waals surface area contributed by atoms with E-state index in [1.54, 1.807) is 6.20 Å². The summed E-state index contributed by atoms with van der Waals surface area (Å²) in [7, 11) is 0. The first-order valence-electron chi connectivity index (χ1n) is 14.8. The summed E-state index contributed by atoms with van der Waals surface area (Å²) in [5.74, 6) is 2.90. The zero-order valence-corrected chi connectivity index (χ0v) is 26.5. The highest BCUT2D eigenvalue weighted by atomic mass is 35.5. The van der Waals surface area contributed by atoms with Crippen molar-refractivity contribution < 1.29 is 9.15 Å². The van der Waals surface area contributed by atoms with Crippen molar-refractivity contribution in [1.29, 1.82) is 0 Å². The maximum Gasteiger partial charge on any atom is 0.232 e. The van der Waals surface area contributed by atoms with E-state index in [4.69, 9.17) is 20.8 Å². The highest BCUT2D eigenvalue weighted by molar-refractivity contribution is 8.00. The number of aromatic nitrogens is 6. The van der Waals surface area contributed by atoms with Gasteiger partial charge in [0.05, 0.1) is 11.7 Å². The molecule has 1 aliphatic rings. The Balaban J connectivity index is 1.26. The number of nitrogens with zero attached hydrogens (tertiary/aromatic N) is 5. The van der Waals surface area contributed by atoms with E-state index in [1.165, 1.54) is 32.6 Å². The number of hydrogen-bond acceptors (Lipinski definition) is 7. The van der Waals surface area contributed by atoms with Crippen LogP contribution in [0.3, 0.4) is 0 Å². The number of hydrogen-bond donors (Lipinski definition) is 1. The molecule has 0 amide bonds. The van der Waals surface area contributed by atoms with Gasteiger partial charge in [-0.05, 0) is 48.1 Å². The zero-order chi connectivity index (χ0) is 30.3. The van der Waals surface area contributed by atoms with Crippen LogP contribution in [0.2, 0.25) is 5.02 Å². The van der Waals surface area contributed by atoms with Crippen molar-refractivity contribution in [2.24, 2.45) is 5.41 Å². The minimum absolute atomic E-state index is 0.103. The van der Waals surface area contributed by atoms with Crippen molar-refractivity contribution >= 4 is 34.3 Å². The molecule has 0 aliphatic carbocycles. The summed E-state index contributed by atoms with van der Waals surface area (Å²) in [6.45, 7) is 7.84. The molecule has 0 bridgehead atoms. The van der Waals surface area contributed by atoms with Gasteiger partial charge in [0.1, 0.15) is 5.75 Å². The van der Waals surface area contributed by atoms with E-state index in [0.29, 0.717) is 17.6 Å². The fraction of sp³-hybridized carbons (Fsp3) is 0.294. The quantitative estimate of drug-likeness (QED) is 0.165. The summed E-state index contributed by atoms with van der Waals surface area (Å²) in [5.41, 5.74) is 5.87. The lowest BCUT2D eigenvalue weighted by molar-refractivity contribution is 0.262. The first kappa shape index (κ1) is 28.7. The van der Waals surface area contributed by atoms with Gasteiger partial charge in [0, 0.05) is 50.3 Å². The molecule has 0 saturated carbocycles. The SMILES string of the molecule is CC1Cc2c(OCc3ncc(-c4ccccc4)o3)ccc3c2c(c(CC(C)(C)Cc2nn[nH]n2)n3Cc2ccc(Cl)cc2)S1. The summed E-state index contributed by atoms with van der Waals surface area (Å²) in [5, 5.41) is 17.3. The van der Waals surface area contributed by atoms with Gasteiger partial charge >= 0.3 is 0 Å². The third kappa shape index (κ3) is 5.86. The lowest BCUT2D eigenvalue weighted by Crippen LogP contribution is -2.22. The maximum atomic E-state index is 6.44. The second-order valence-electron chi connectivity index (χ2n) is 12.2. The average Bonchev–Trinajstić information content (AvgIpc) is 3.76. The van der Waals surface area contributed by atoms with E-state index in [2.05, 4.69) is 75.2 Å². The number of nitrogens with one attached hydrogen (secondary N) is 1. The standard InChI is InChI=1S/C34H33ClN6O2S/c1-21-15-25-28(42-20-31-36-18-29(43-31)23-7-5-4-6-8-23)14-13-26-32(25)33(44-21)27(16-34(2,3)17-30-37-39-40-38-30)41(26)19-22-9-11-24(35)12-10-22/h4-14,18,21H,15-17,19-20H2,1-3H3,(H,37,38,39,40). The Morgan fingerprint density at radius 1 is 1.07 bits per heavy atom. The van der Waals surface area contributed by atoms with Crippen LogP contribution in [0.15, 0.2) is 82.2 Å². The second-order valence-corrected chi connectivity index (χ2v) is 14.1. The number of ether oxygens (including phenoxy) is 1. The fourth-order valence-corrected chi connectivity index (χ4v) is 7.53. The molecule has 44 heavy (non-hydrogen) atoms. The van der Waals surface area contributed by atoms with E-state index in [1.807, 2.05) is 54.2 Å². The molecule has 6 aromatic rings. The van der Waals surface area contributed by atoms with Crippen molar-refractivity contribution in [2.45, 2.75) is 63.3 Å². The van der Waals surface area contributed by atoms with E-state index >= 15 is 0 Å². The van der Waals surface area contributed by atoms with Gasteiger partial charge in [0.25, 0.3) is 0 Å². The largest absolute Gasteiger partial charge is 0.484 e. The maximum absolute atomic E-state index is 6.44. The second kappa shape index (κ2) is 11.8. The Bertz CT molecular complexity index is 1900. The Morgan fingerprint density at radius 2 is 1.89 bits per heavy atom. The summed E-state index contributed by atoms with van der Waals surface area (Å²) < 4.78 is 15.0. The van der Waals surface area contributed by atoms with Crippen molar-refractivity contribution in [3.63, 3.8) is 0 Å². The van der Waals surface area contributed by atoms with Crippen LogP contribution in [-0.4, -0.2) is 35.4 Å². The molecule has 0 radical (unpaired) electrons. The van der Waals surface area contributed by atoms with Crippen LogP contribution in [0.25, 0.3) is 22.2 Å². The molecular weight excluding hydrogens is 592 g/mol. The Morgan fingerprint density at radius 3 is 2.66 bits per heavy atom. The molecule has 3 aromatic carbocycles. The predicted molar refractivity (Wildman–Crippen MR) is 173 cm³/mol. The topological polar surface area (TPSA) is 94.7 Å². The molecule has 0 saturated heterocycles. The van der Waals surface area contributed by atoms with Crippen LogP contribution in [0.1, 0.15) is 49.3 Å². The van der Waals surface area contributed by atoms with Crippen LogP contribution in [-0.2, 0) is 32.4 Å². The molecule has 224 valence electrons. The van der Waals surface area contributed by atoms with Crippen molar-refractivity contribution in [3.05, 3.63) is 106 Å². The Hall–Kier alpha value is -4.08. The summed E-state index contributed by atoms with van der Waals surface area (Å²) in [6.07, 6.45) is 4.25. The molecule has 1 aliphatic heterocycles. The number of thioether (sulfide) groups is 1. The van der Waals surface area contributed by atoms with Crippen LogP contribution in [0.5, 0.6) is 5.75 Å². The van der Waals surface area contributed by atoms with E-state index < -0.39 is 0 Å². The number of tetrazole rings is 1. The highest BCUT2D eigenvalue weighted by Crippen LogP contribution is 2.48. The smallest absolute Gasteiger partial charge is 0.232 e. The van der Waals surface area contributed by atoms with Crippen molar-refractivity contribution in [1.82, 2.24) is 30.2 Å². The van der Waals surface area contributed by atoms with Crippen LogP contribution < -0.4 is 4.74 Å². The van der Waals surface area contributed by atoms with Gasteiger partial charge < -0.3 is 13.7 Å². The Kier molecular flexibility index (Phi) is 7.68. The lowest BCUT2D eigenvalue weighted by atomic mass is 9.84. The van der Waals surface area contributed by atoms with E-state index in [-0.39, 0.29) is 12.0 Å². The number of halogens is 1. The van der Waals surface area contributed by atoms with Gasteiger partial charge in [-0.1, -0.05) is 80.1 Å². The normalized spacial score (nSPS) is 14.8. The van der Waals surface area contributed by atoms with Crippen LogP contribution >= 0.6 is 23.4 Å². The molecule has 4 heterocycles. The van der Waals surface area contributed by atoms with Crippen LogP contribution in [0.4, 0.5) is 0 Å². The van der Waals surface area contributed by atoms with Crippen LogP contribution in [0, 0.1) is 5.41 Å². The monoisotopic (exact) mass is 624 g/mol. The minimum atomic E-state index is -0.103. The fourth-order valence-electron chi connectivity index (χ4n) is 6.08. The minimum Gasteiger partial charge on any atom is -0.484 e. The molecule has 1 N–H and O–H groups in total. The summed E-state index contributed by atoms with van der Waals surface area (Å²) in [4.78, 5) is 5.82. The van der Waals surface area contributed by atoms with Gasteiger partial charge in [-0.3, -0.25) is 0 Å². The first-order chi connectivity index (χ1) is 21.3. The number of rotatable bonds is 10. The third-order valence-corrected chi connectivity index (χ3v) is 9.55. The predicted octanol–water partition coefficient (Wildman–Crippen LogP) is 7.94. The summed E-state index contributed by atoms with van der Waals surface area (Å²) in [6, 6.07) is 22.4. The molecule has 0 fully saturated rings. The zero-order valence-electron chi connectivity index (χ0n) is 24.9. The molecule has 1 atom stereocenters. The highest BCUT2D eigenvalue weighted by Gasteiger charge is 2.32. The van der Waals surface area contributed by atoms with Gasteiger partial charge in [0.2, 0.25) is 5.89 Å². The molecule has 0 spiro atoms. The average molecular weight is 625 g/mol. The molecule has 3 aromatic heterocycles. The number of aromatic amines is 1.